The van der Waals surface area contributed by atoms with Gasteiger partial charge in [-0.05, 0) is 54.2 Å². The average Bonchev–Trinajstić information content (AvgIpc) is 3.31. The average molecular weight is 528 g/mol. The van der Waals surface area contributed by atoms with E-state index in [0.717, 1.165) is 16.8 Å². The molecule has 0 spiro atoms. The lowest BCUT2D eigenvalue weighted by Crippen LogP contribution is -2.31. The molecule has 5 rings (SSSR count). The van der Waals surface area contributed by atoms with Crippen LogP contribution in [-0.2, 0) is 10.5 Å². The number of rotatable bonds is 7. The molecule has 1 aliphatic rings. The predicted octanol–water partition coefficient (Wildman–Crippen LogP) is 7.07. The third-order valence-corrected chi connectivity index (χ3v) is 7.59. The summed E-state index contributed by atoms with van der Waals surface area (Å²) in [6.07, 6.45) is 0. The van der Waals surface area contributed by atoms with Gasteiger partial charge in [0.15, 0.2) is 0 Å². The Balaban J connectivity index is 1.51. The van der Waals surface area contributed by atoms with Gasteiger partial charge in [-0.15, -0.1) is 5.10 Å². The first-order chi connectivity index (χ1) is 18.3. The Bertz CT molecular complexity index is 1510. The fourth-order valence-electron chi connectivity index (χ4n) is 4.52. The van der Waals surface area contributed by atoms with Crippen LogP contribution in [0.2, 0.25) is 0 Å². The number of hydrogen-bond donors (Lipinski definition) is 2. The number of nitrogens with one attached hydrogen (secondary N) is 2. The van der Waals surface area contributed by atoms with Crippen molar-refractivity contribution >= 4 is 29.3 Å². The van der Waals surface area contributed by atoms with E-state index in [1.165, 1.54) is 23.4 Å². The molecule has 0 fully saturated rings. The molecule has 3 aromatic carbocycles. The number of amides is 1. The molecule has 0 aliphatic carbocycles. The zero-order chi connectivity index (χ0) is 26.8. The lowest BCUT2D eigenvalue weighted by molar-refractivity contribution is -0.113. The quantitative estimate of drug-likeness (QED) is 0.252. The molecule has 38 heavy (non-hydrogen) atoms. The van der Waals surface area contributed by atoms with Gasteiger partial charge >= 0.3 is 0 Å². The minimum absolute atomic E-state index is 0.205. The second-order valence-corrected chi connectivity index (χ2v) is 10.6. The van der Waals surface area contributed by atoms with Crippen molar-refractivity contribution in [2.45, 2.75) is 50.6 Å². The Kier molecular flexibility index (Phi) is 7.33. The number of carbonyl (C=O) groups is 1. The van der Waals surface area contributed by atoms with E-state index in [1.807, 2.05) is 44.2 Å². The molecule has 8 heteroatoms. The van der Waals surface area contributed by atoms with E-state index in [9.17, 15) is 9.18 Å². The second-order valence-electron chi connectivity index (χ2n) is 9.70. The lowest BCUT2D eigenvalue weighted by Gasteiger charge is -2.29. The highest BCUT2D eigenvalue weighted by molar-refractivity contribution is 7.98. The number of aromatic nitrogens is 3. The molecule has 4 aromatic rings. The number of hydrogen-bond acceptors (Lipinski definition) is 5. The highest BCUT2D eigenvalue weighted by Crippen LogP contribution is 2.37. The number of fused-ring (bicyclic) bond motifs is 1. The first-order valence-electron chi connectivity index (χ1n) is 12.6. The summed E-state index contributed by atoms with van der Waals surface area (Å²) in [5.74, 6) is 0.879. The number of benzene rings is 3. The smallest absolute Gasteiger partial charge is 0.255 e. The number of aryl methyl sites for hydroxylation is 1. The molecule has 1 aliphatic heterocycles. The summed E-state index contributed by atoms with van der Waals surface area (Å²) in [4.78, 5) is 18.4. The van der Waals surface area contributed by atoms with Crippen LogP contribution < -0.4 is 10.6 Å². The summed E-state index contributed by atoms with van der Waals surface area (Å²) < 4.78 is 15.9. The van der Waals surface area contributed by atoms with Crippen molar-refractivity contribution in [1.29, 1.82) is 0 Å². The monoisotopic (exact) mass is 527 g/mol. The summed E-state index contributed by atoms with van der Waals surface area (Å²) in [6, 6.07) is 22.2. The molecule has 2 heterocycles. The number of halogens is 1. The molecule has 0 saturated carbocycles. The maximum absolute atomic E-state index is 14.2. The van der Waals surface area contributed by atoms with Crippen LogP contribution in [0.25, 0.3) is 0 Å². The maximum atomic E-state index is 14.2. The van der Waals surface area contributed by atoms with Crippen molar-refractivity contribution in [3.8, 4) is 0 Å². The van der Waals surface area contributed by atoms with E-state index >= 15 is 0 Å². The van der Waals surface area contributed by atoms with E-state index in [1.54, 1.807) is 16.8 Å². The van der Waals surface area contributed by atoms with Crippen LogP contribution >= 0.6 is 11.8 Å². The largest absolute Gasteiger partial charge is 0.328 e. The van der Waals surface area contributed by atoms with Gasteiger partial charge in [-0.3, -0.25) is 4.79 Å². The van der Waals surface area contributed by atoms with Gasteiger partial charge in [0.05, 0.1) is 5.57 Å². The van der Waals surface area contributed by atoms with Gasteiger partial charge in [0, 0.05) is 17.1 Å². The normalized spacial score (nSPS) is 14.8. The van der Waals surface area contributed by atoms with E-state index < -0.39 is 6.04 Å². The first-order valence-corrected chi connectivity index (χ1v) is 13.6. The van der Waals surface area contributed by atoms with Crippen LogP contribution in [0.3, 0.4) is 0 Å². The van der Waals surface area contributed by atoms with Gasteiger partial charge in [0.25, 0.3) is 5.91 Å². The Hall–Kier alpha value is -3.91. The third kappa shape index (κ3) is 5.22. The highest BCUT2D eigenvalue weighted by atomic mass is 32.2. The zero-order valence-corrected chi connectivity index (χ0v) is 22.6. The van der Waals surface area contributed by atoms with Gasteiger partial charge in [-0.25, -0.2) is 9.07 Å². The van der Waals surface area contributed by atoms with Gasteiger partial charge in [-0.2, -0.15) is 4.98 Å². The summed E-state index contributed by atoms with van der Waals surface area (Å²) in [5, 5.41) is 11.6. The van der Waals surface area contributed by atoms with Crippen LogP contribution in [-0.4, -0.2) is 20.7 Å². The third-order valence-electron chi connectivity index (χ3n) is 6.70. The molecule has 0 saturated heterocycles. The topological polar surface area (TPSA) is 71.8 Å². The minimum Gasteiger partial charge on any atom is -0.328 e. The molecule has 1 unspecified atom stereocenters. The summed E-state index contributed by atoms with van der Waals surface area (Å²) in [7, 11) is 0. The van der Waals surface area contributed by atoms with Crippen molar-refractivity contribution in [1.82, 2.24) is 14.8 Å². The molecule has 0 bridgehead atoms. The van der Waals surface area contributed by atoms with Gasteiger partial charge in [0.1, 0.15) is 11.9 Å². The fraction of sp³-hybridized carbons (Fsp3) is 0.233. The molecule has 1 amide bonds. The summed E-state index contributed by atoms with van der Waals surface area (Å²) in [6.45, 7) is 8.15. The van der Waals surface area contributed by atoms with E-state index in [4.69, 9.17) is 5.10 Å². The Morgan fingerprint density at radius 1 is 1.05 bits per heavy atom. The minimum atomic E-state index is -0.480. The summed E-state index contributed by atoms with van der Waals surface area (Å²) in [5.41, 5.74) is 5.75. The molecular weight excluding hydrogens is 497 g/mol. The van der Waals surface area contributed by atoms with E-state index in [0.29, 0.717) is 39.6 Å². The van der Waals surface area contributed by atoms with Crippen LogP contribution in [0.1, 0.15) is 55.0 Å². The Morgan fingerprint density at radius 3 is 2.47 bits per heavy atom. The van der Waals surface area contributed by atoms with Crippen molar-refractivity contribution in [2.24, 2.45) is 0 Å². The van der Waals surface area contributed by atoms with Crippen LogP contribution in [0, 0.1) is 12.7 Å². The van der Waals surface area contributed by atoms with Gasteiger partial charge in [0.2, 0.25) is 11.1 Å². The van der Waals surface area contributed by atoms with Crippen LogP contribution in [0.5, 0.6) is 0 Å². The lowest BCUT2D eigenvalue weighted by atomic mass is 9.92. The predicted molar refractivity (Wildman–Crippen MR) is 151 cm³/mol. The number of anilines is 2. The zero-order valence-electron chi connectivity index (χ0n) is 21.8. The number of nitrogens with zero attached hydrogens (tertiary/aromatic N) is 3. The van der Waals surface area contributed by atoms with Gasteiger partial charge < -0.3 is 10.6 Å². The molecule has 1 atom stereocenters. The maximum Gasteiger partial charge on any atom is 0.255 e. The van der Waals surface area contributed by atoms with Crippen LogP contribution in [0.4, 0.5) is 16.0 Å². The molecular formula is C30H30FN5OS. The molecule has 1 aromatic heterocycles. The fourth-order valence-corrected chi connectivity index (χ4v) is 5.33. The molecule has 0 radical (unpaired) electrons. The molecule has 6 nitrogen and oxygen atoms in total. The Morgan fingerprint density at radius 2 is 1.76 bits per heavy atom. The van der Waals surface area contributed by atoms with Crippen molar-refractivity contribution in [3.63, 3.8) is 0 Å². The number of carbonyl (C=O) groups excluding carboxylic acids is 1. The Labute approximate surface area is 226 Å². The van der Waals surface area contributed by atoms with Crippen molar-refractivity contribution in [3.05, 3.63) is 112 Å². The number of thioether (sulfide) groups is 1. The van der Waals surface area contributed by atoms with Crippen LogP contribution in [0.15, 0.2) is 89.2 Å². The van der Waals surface area contributed by atoms with E-state index in [2.05, 4.69) is 53.7 Å². The standard InChI is InChI=1S/C30H30FN5OS/c1-18(2)21-13-15-22(16-14-21)27-26(28(37)33-25-12-8-5-9-19(25)3)20(4)32-29-34-30(35-36(27)29)38-17-23-10-6-7-11-24(23)31/h5-16,18,27H,17H2,1-4H3,(H,33,37)(H,32,34,35). The van der Waals surface area contributed by atoms with E-state index in [-0.39, 0.29) is 11.7 Å². The van der Waals surface area contributed by atoms with Gasteiger partial charge in [-0.1, -0.05) is 86.3 Å². The molecule has 2 N–H and O–H groups in total. The SMILES string of the molecule is CC1=C(C(=O)Nc2ccccc2C)C(c2ccc(C(C)C)cc2)n2nc(SCc3ccccc3F)nc2N1. The number of para-hydroxylation sites is 1. The second kappa shape index (κ2) is 10.8. The highest BCUT2D eigenvalue weighted by Gasteiger charge is 2.34. The molecule has 194 valence electrons. The first kappa shape index (κ1) is 25.7. The van der Waals surface area contributed by atoms with Crippen molar-refractivity contribution in [2.75, 3.05) is 10.6 Å². The summed E-state index contributed by atoms with van der Waals surface area (Å²) >= 11 is 1.36. The van der Waals surface area contributed by atoms with Crippen molar-refractivity contribution < 1.29 is 9.18 Å². The number of allylic oxidation sites excluding steroid dienone is 1.